The van der Waals surface area contributed by atoms with Gasteiger partial charge in [-0.05, 0) is 48.7 Å². The van der Waals surface area contributed by atoms with Gasteiger partial charge in [-0.15, -0.1) is 0 Å². The second-order valence-corrected chi connectivity index (χ2v) is 6.75. The second-order valence-electron chi connectivity index (χ2n) is 6.75. The largest absolute Gasteiger partial charge is 0.458 e. The van der Waals surface area contributed by atoms with Crippen molar-refractivity contribution in [2.24, 2.45) is 5.92 Å². The van der Waals surface area contributed by atoms with E-state index in [-0.39, 0.29) is 25.1 Å². The first-order chi connectivity index (χ1) is 12.6. The molecule has 0 N–H and O–H groups in total. The molecule has 1 aromatic carbocycles. The number of hydrogen-bond acceptors (Lipinski definition) is 6. The van der Waals surface area contributed by atoms with Crippen LogP contribution < -0.4 is 0 Å². The van der Waals surface area contributed by atoms with E-state index in [1.54, 1.807) is 45.9 Å². The van der Waals surface area contributed by atoms with Gasteiger partial charge in [0.1, 0.15) is 18.8 Å². The van der Waals surface area contributed by atoms with Crippen molar-refractivity contribution in [2.75, 3.05) is 0 Å². The average molecular weight is 374 g/mol. The fourth-order valence-corrected chi connectivity index (χ4v) is 2.13. The molecule has 0 saturated carbocycles. The van der Waals surface area contributed by atoms with E-state index >= 15 is 0 Å². The van der Waals surface area contributed by atoms with Crippen LogP contribution in [0, 0.1) is 5.92 Å². The van der Waals surface area contributed by atoms with E-state index in [0.717, 1.165) is 12.2 Å². The smallest absolute Gasteiger partial charge is 0.330 e. The Hall–Kier alpha value is -2.89. The summed E-state index contributed by atoms with van der Waals surface area (Å²) in [5.41, 5.74) is 1.10. The fraction of sp³-hybridized carbons (Fsp3) is 0.381. The van der Waals surface area contributed by atoms with Crippen molar-refractivity contribution < 1.29 is 28.6 Å². The first-order valence-corrected chi connectivity index (χ1v) is 8.53. The molecule has 0 aliphatic heterocycles. The molecule has 0 spiro atoms. The monoisotopic (exact) mass is 374 g/mol. The highest BCUT2D eigenvalue weighted by Crippen LogP contribution is 2.28. The Labute approximate surface area is 159 Å². The molecule has 6 heteroatoms. The van der Waals surface area contributed by atoms with Gasteiger partial charge >= 0.3 is 17.9 Å². The minimum Gasteiger partial charge on any atom is -0.458 e. The summed E-state index contributed by atoms with van der Waals surface area (Å²) >= 11 is 0. The number of carbonyl (C=O) groups excluding carboxylic acids is 3. The molecule has 1 aromatic rings. The van der Waals surface area contributed by atoms with Crippen LogP contribution in [0.1, 0.15) is 44.4 Å². The van der Waals surface area contributed by atoms with Gasteiger partial charge in [-0.2, -0.15) is 0 Å². The quantitative estimate of drug-likeness (QED) is 0.373. The van der Waals surface area contributed by atoms with E-state index in [1.807, 2.05) is 0 Å². The molecule has 0 bridgehead atoms. The van der Waals surface area contributed by atoms with Gasteiger partial charge in [-0.3, -0.25) is 4.79 Å². The van der Waals surface area contributed by atoms with E-state index in [2.05, 4.69) is 13.2 Å². The third kappa shape index (κ3) is 7.09. The molecular formula is C21H26O6. The SMILES string of the molecule is C=CC(=O)OCc1cc(COC(=O)C=C)cc(C(C)(C)OC(=O)C(C)C)c1. The van der Waals surface area contributed by atoms with Gasteiger partial charge in [0, 0.05) is 12.2 Å². The minimum atomic E-state index is -0.920. The first kappa shape index (κ1) is 22.2. The summed E-state index contributed by atoms with van der Waals surface area (Å²) in [6.45, 7) is 13.8. The lowest BCUT2D eigenvalue weighted by atomic mass is 9.93. The van der Waals surface area contributed by atoms with Crippen LogP contribution in [0.5, 0.6) is 0 Å². The van der Waals surface area contributed by atoms with Crippen LogP contribution in [-0.4, -0.2) is 17.9 Å². The zero-order valence-corrected chi connectivity index (χ0v) is 16.2. The average Bonchev–Trinajstić information content (AvgIpc) is 2.63. The minimum absolute atomic E-state index is 0.00923. The summed E-state index contributed by atoms with van der Waals surface area (Å²) in [4.78, 5) is 34.7. The number of esters is 3. The lowest BCUT2D eigenvalue weighted by Gasteiger charge is -2.28. The third-order valence-electron chi connectivity index (χ3n) is 3.67. The van der Waals surface area contributed by atoms with Crippen LogP contribution in [0.2, 0.25) is 0 Å². The Balaban J connectivity index is 3.16. The molecule has 146 valence electrons. The molecule has 0 aliphatic rings. The van der Waals surface area contributed by atoms with Gasteiger partial charge in [0.2, 0.25) is 0 Å². The normalized spacial score (nSPS) is 10.9. The molecule has 0 aliphatic carbocycles. The molecule has 0 radical (unpaired) electrons. The highest BCUT2D eigenvalue weighted by molar-refractivity contribution is 5.81. The van der Waals surface area contributed by atoms with Gasteiger partial charge < -0.3 is 14.2 Å². The fourth-order valence-electron chi connectivity index (χ4n) is 2.13. The standard InChI is InChI=1S/C21H26O6/c1-7-18(22)25-12-15-9-16(13-26-19(23)8-2)11-17(10-15)21(5,6)27-20(24)14(3)4/h7-11,14H,1-2,12-13H2,3-6H3. The van der Waals surface area contributed by atoms with Crippen molar-refractivity contribution >= 4 is 17.9 Å². The van der Waals surface area contributed by atoms with Gasteiger partial charge in [0.05, 0.1) is 5.92 Å². The third-order valence-corrected chi connectivity index (χ3v) is 3.67. The zero-order valence-electron chi connectivity index (χ0n) is 16.2. The number of benzene rings is 1. The van der Waals surface area contributed by atoms with Crippen LogP contribution in [0.15, 0.2) is 43.5 Å². The molecular weight excluding hydrogens is 348 g/mol. The molecule has 1 rings (SSSR count). The van der Waals surface area contributed by atoms with E-state index in [4.69, 9.17) is 14.2 Å². The molecule has 0 heterocycles. The Bertz CT molecular complexity index is 688. The summed E-state index contributed by atoms with van der Waals surface area (Å²) < 4.78 is 15.8. The summed E-state index contributed by atoms with van der Waals surface area (Å²) in [6.07, 6.45) is 2.15. The van der Waals surface area contributed by atoms with Crippen molar-refractivity contribution in [3.05, 3.63) is 60.2 Å². The van der Waals surface area contributed by atoms with Crippen LogP contribution in [-0.2, 0) is 47.4 Å². The van der Waals surface area contributed by atoms with Gasteiger partial charge in [0.25, 0.3) is 0 Å². The van der Waals surface area contributed by atoms with Crippen LogP contribution in [0.25, 0.3) is 0 Å². The lowest BCUT2D eigenvalue weighted by molar-refractivity contribution is -0.161. The Morgan fingerprint density at radius 2 is 1.41 bits per heavy atom. The topological polar surface area (TPSA) is 78.9 Å². The van der Waals surface area contributed by atoms with Crippen molar-refractivity contribution in [1.29, 1.82) is 0 Å². The Morgan fingerprint density at radius 1 is 0.963 bits per heavy atom. The van der Waals surface area contributed by atoms with Gasteiger partial charge in [-0.25, -0.2) is 9.59 Å². The Kier molecular flexibility index (Phi) is 7.97. The number of ether oxygens (including phenoxy) is 3. The summed E-state index contributed by atoms with van der Waals surface area (Å²) in [7, 11) is 0. The lowest BCUT2D eigenvalue weighted by Crippen LogP contribution is -2.28. The van der Waals surface area contributed by atoms with E-state index in [0.29, 0.717) is 16.7 Å². The van der Waals surface area contributed by atoms with Crippen LogP contribution >= 0.6 is 0 Å². The van der Waals surface area contributed by atoms with Crippen molar-refractivity contribution in [3.8, 4) is 0 Å². The number of rotatable bonds is 9. The maximum Gasteiger partial charge on any atom is 0.330 e. The highest BCUT2D eigenvalue weighted by atomic mass is 16.6. The Morgan fingerprint density at radius 3 is 1.78 bits per heavy atom. The highest BCUT2D eigenvalue weighted by Gasteiger charge is 2.27. The maximum atomic E-state index is 12.0. The van der Waals surface area contributed by atoms with Gasteiger partial charge in [0.15, 0.2) is 0 Å². The molecule has 27 heavy (non-hydrogen) atoms. The van der Waals surface area contributed by atoms with E-state index in [9.17, 15) is 14.4 Å². The zero-order chi connectivity index (χ0) is 20.6. The van der Waals surface area contributed by atoms with E-state index in [1.165, 1.54) is 0 Å². The van der Waals surface area contributed by atoms with Crippen LogP contribution in [0.3, 0.4) is 0 Å². The number of carbonyl (C=O) groups is 3. The molecule has 0 saturated heterocycles. The molecule has 0 fully saturated rings. The van der Waals surface area contributed by atoms with Crippen molar-refractivity contribution in [2.45, 2.75) is 46.5 Å². The molecule has 0 atom stereocenters. The van der Waals surface area contributed by atoms with Crippen molar-refractivity contribution in [3.63, 3.8) is 0 Å². The summed E-state index contributed by atoms with van der Waals surface area (Å²) in [5.74, 6) is -1.70. The molecule has 6 nitrogen and oxygen atoms in total. The van der Waals surface area contributed by atoms with Crippen LogP contribution in [0.4, 0.5) is 0 Å². The second kappa shape index (κ2) is 9.71. The van der Waals surface area contributed by atoms with Crippen molar-refractivity contribution in [1.82, 2.24) is 0 Å². The maximum absolute atomic E-state index is 12.0. The molecule has 0 unspecified atom stereocenters. The van der Waals surface area contributed by atoms with Gasteiger partial charge in [-0.1, -0.05) is 27.0 Å². The molecule has 0 amide bonds. The summed E-state index contributed by atoms with van der Waals surface area (Å²) in [6, 6.07) is 5.31. The summed E-state index contributed by atoms with van der Waals surface area (Å²) in [5, 5.41) is 0. The first-order valence-electron chi connectivity index (χ1n) is 8.53. The van der Waals surface area contributed by atoms with E-state index < -0.39 is 17.5 Å². The molecule has 0 aromatic heterocycles. The number of hydrogen-bond donors (Lipinski definition) is 0. The predicted molar refractivity (Wildman–Crippen MR) is 100 cm³/mol. The predicted octanol–water partition coefficient (Wildman–Crippen LogP) is 3.58.